The molecule has 2 aliphatic heterocycles. The van der Waals surface area contributed by atoms with Crippen LogP contribution in [-0.4, -0.2) is 34.6 Å². The quantitative estimate of drug-likeness (QED) is 0.781. The molecule has 0 amide bonds. The molecule has 0 N–H and O–H groups in total. The molecule has 1 atom stereocenters. The molecule has 0 aliphatic carbocycles. The van der Waals surface area contributed by atoms with E-state index in [1.54, 1.807) is 17.8 Å². The van der Waals surface area contributed by atoms with Crippen LogP contribution in [0.1, 0.15) is 25.3 Å². The summed E-state index contributed by atoms with van der Waals surface area (Å²) in [5, 5.41) is 0. The van der Waals surface area contributed by atoms with Crippen molar-refractivity contribution in [3.05, 3.63) is 47.7 Å². The third kappa shape index (κ3) is 2.95. The lowest BCUT2D eigenvalue weighted by molar-refractivity contribution is -0.140. The van der Waals surface area contributed by atoms with Crippen molar-refractivity contribution < 1.29 is 9.53 Å². The fraction of sp³-hybridized carbons (Fsp3) is 0.471. The summed E-state index contributed by atoms with van der Waals surface area (Å²) >= 11 is 1.73. The van der Waals surface area contributed by atoms with E-state index in [1.807, 2.05) is 18.2 Å². The Balaban J connectivity index is 1.91. The molecule has 3 rings (SSSR count). The van der Waals surface area contributed by atoms with Crippen LogP contribution in [0.25, 0.3) is 0 Å². The normalized spacial score (nSPS) is 25.1. The predicted molar refractivity (Wildman–Crippen MR) is 86.0 cm³/mol. The van der Waals surface area contributed by atoms with E-state index in [2.05, 4.69) is 24.0 Å². The van der Waals surface area contributed by atoms with Crippen LogP contribution < -0.4 is 0 Å². The maximum Gasteiger partial charge on any atom is 0.334 e. The number of hydrogen-bond donors (Lipinski definition) is 0. The van der Waals surface area contributed by atoms with Crippen LogP contribution >= 0.6 is 11.8 Å². The van der Waals surface area contributed by atoms with Gasteiger partial charge < -0.3 is 9.64 Å². The number of rotatable bonds is 5. The average Bonchev–Trinajstić information content (AvgIpc) is 3.08. The fourth-order valence-electron chi connectivity index (χ4n) is 3.13. The molecular weight excluding hydrogens is 282 g/mol. The number of carbonyl (C=O) groups excluding carboxylic acids is 1. The van der Waals surface area contributed by atoms with Gasteiger partial charge in [0, 0.05) is 25.6 Å². The van der Waals surface area contributed by atoms with Gasteiger partial charge in [0.25, 0.3) is 0 Å². The van der Waals surface area contributed by atoms with Crippen LogP contribution in [0.5, 0.6) is 0 Å². The zero-order valence-electron chi connectivity index (χ0n) is 12.4. The standard InChI is InChI=1S/C17H21NO2S/c1-2-21-17(13-14-8-4-3-5-9-14)15(12-16(19)20-17)18-10-6-7-11-18/h3-5,8-9,12H,2,6-7,10-11,13H2,1H3. The summed E-state index contributed by atoms with van der Waals surface area (Å²) < 4.78 is 5.81. The second kappa shape index (κ2) is 6.14. The van der Waals surface area contributed by atoms with Crippen molar-refractivity contribution >= 4 is 17.7 Å². The van der Waals surface area contributed by atoms with Crippen molar-refractivity contribution in [1.29, 1.82) is 0 Å². The van der Waals surface area contributed by atoms with Gasteiger partial charge in [-0.05, 0) is 24.2 Å². The highest BCUT2D eigenvalue weighted by atomic mass is 32.2. The number of thioether (sulfide) groups is 1. The molecular formula is C17H21NO2S. The number of ether oxygens (including phenoxy) is 1. The lowest BCUT2D eigenvalue weighted by Gasteiger charge is -2.35. The highest BCUT2D eigenvalue weighted by Gasteiger charge is 2.46. The molecule has 0 aromatic heterocycles. The summed E-state index contributed by atoms with van der Waals surface area (Å²) in [6, 6.07) is 10.3. The van der Waals surface area contributed by atoms with E-state index in [0.717, 1.165) is 31.0 Å². The summed E-state index contributed by atoms with van der Waals surface area (Å²) in [5.74, 6) is 0.722. The van der Waals surface area contributed by atoms with E-state index in [4.69, 9.17) is 4.74 Å². The van der Waals surface area contributed by atoms with E-state index < -0.39 is 4.93 Å². The Kier molecular flexibility index (Phi) is 4.24. The average molecular weight is 303 g/mol. The topological polar surface area (TPSA) is 29.5 Å². The lowest BCUT2D eigenvalue weighted by Crippen LogP contribution is -2.38. The Morgan fingerprint density at radius 2 is 1.95 bits per heavy atom. The van der Waals surface area contributed by atoms with Gasteiger partial charge in [0.2, 0.25) is 4.93 Å². The number of esters is 1. The van der Waals surface area contributed by atoms with Crippen LogP contribution in [0.4, 0.5) is 0 Å². The zero-order chi connectivity index (χ0) is 14.7. The number of carbonyl (C=O) groups is 1. The van der Waals surface area contributed by atoms with E-state index in [1.165, 1.54) is 18.4 Å². The highest BCUT2D eigenvalue weighted by Crippen LogP contribution is 2.44. The first kappa shape index (κ1) is 14.5. The van der Waals surface area contributed by atoms with E-state index in [9.17, 15) is 4.79 Å². The van der Waals surface area contributed by atoms with Crippen molar-refractivity contribution in [2.45, 2.75) is 31.1 Å². The molecule has 21 heavy (non-hydrogen) atoms. The van der Waals surface area contributed by atoms with Gasteiger partial charge in [0.15, 0.2) is 0 Å². The molecule has 0 saturated carbocycles. The van der Waals surface area contributed by atoms with Crippen molar-refractivity contribution in [3.8, 4) is 0 Å². The van der Waals surface area contributed by atoms with Crippen LogP contribution in [-0.2, 0) is 16.0 Å². The first-order valence-corrected chi connectivity index (χ1v) is 8.60. The lowest BCUT2D eigenvalue weighted by atomic mass is 10.0. The molecule has 2 aliphatic rings. The monoisotopic (exact) mass is 303 g/mol. The van der Waals surface area contributed by atoms with E-state index in [0.29, 0.717) is 0 Å². The predicted octanol–water partition coefficient (Wildman–Crippen LogP) is 3.22. The molecule has 112 valence electrons. The van der Waals surface area contributed by atoms with Crippen molar-refractivity contribution in [2.75, 3.05) is 18.8 Å². The Hall–Kier alpha value is -1.42. The molecule has 1 fully saturated rings. The fourth-order valence-corrected chi connectivity index (χ4v) is 4.35. The molecule has 1 saturated heterocycles. The van der Waals surface area contributed by atoms with Crippen LogP contribution in [0.15, 0.2) is 42.1 Å². The van der Waals surface area contributed by atoms with Gasteiger partial charge in [-0.25, -0.2) is 4.79 Å². The minimum absolute atomic E-state index is 0.200. The Labute approximate surface area is 130 Å². The molecule has 4 heteroatoms. The van der Waals surface area contributed by atoms with Crippen LogP contribution in [0.3, 0.4) is 0 Å². The SMILES string of the molecule is CCSC1(Cc2ccccc2)OC(=O)C=C1N1CCCC1. The summed E-state index contributed by atoms with van der Waals surface area (Å²) in [6.07, 6.45) is 4.84. The number of hydrogen-bond acceptors (Lipinski definition) is 4. The first-order chi connectivity index (χ1) is 10.2. The molecule has 1 unspecified atom stereocenters. The van der Waals surface area contributed by atoms with E-state index >= 15 is 0 Å². The Morgan fingerprint density at radius 1 is 1.24 bits per heavy atom. The summed E-state index contributed by atoms with van der Waals surface area (Å²) in [7, 11) is 0. The number of cyclic esters (lactones) is 1. The third-order valence-electron chi connectivity index (χ3n) is 4.01. The molecule has 1 aromatic carbocycles. The van der Waals surface area contributed by atoms with Crippen LogP contribution in [0.2, 0.25) is 0 Å². The number of benzene rings is 1. The minimum Gasteiger partial charge on any atom is -0.438 e. The maximum absolute atomic E-state index is 12.0. The summed E-state index contributed by atoms with van der Waals surface area (Å²) in [5.41, 5.74) is 2.28. The second-order valence-electron chi connectivity index (χ2n) is 5.49. The van der Waals surface area contributed by atoms with E-state index in [-0.39, 0.29) is 5.97 Å². The minimum atomic E-state index is -0.544. The van der Waals surface area contributed by atoms with Crippen molar-refractivity contribution in [1.82, 2.24) is 4.90 Å². The zero-order valence-corrected chi connectivity index (χ0v) is 13.2. The Bertz CT molecular complexity index is 537. The second-order valence-corrected chi connectivity index (χ2v) is 7.02. The van der Waals surface area contributed by atoms with Crippen LogP contribution in [0, 0.1) is 0 Å². The summed E-state index contributed by atoms with van der Waals surface area (Å²) in [6.45, 7) is 4.18. The van der Waals surface area contributed by atoms with Gasteiger partial charge in [0.05, 0.1) is 5.70 Å². The largest absolute Gasteiger partial charge is 0.438 e. The Morgan fingerprint density at radius 3 is 2.62 bits per heavy atom. The van der Waals surface area contributed by atoms with Crippen molar-refractivity contribution in [3.63, 3.8) is 0 Å². The molecule has 3 nitrogen and oxygen atoms in total. The summed E-state index contributed by atoms with van der Waals surface area (Å²) in [4.78, 5) is 13.7. The van der Waals surface area contributed by atoms with Crippen molar-refractivity contribution in [2.24, 2.45) is 0 Å². The van der Waals surface area contributed by atoms with Gasteiger partial charge in [-0.2, -0.15) is 0 Å². The highest BCUT2D eigenvalue weighted by molar-refractivity contribution is 8.00. The van der Waals surface area contributed by atoms with Gasteiger partial charge in [-0.15, -0.1) is 11.8 Å². The molecule has 0 spiro atoms. The molecule has 0 radical (unpaired) electrons. The van der Waals surface area contributed by atoms with Gasteiger partial charge in [0.1, 0.15) is 0 Å². The van der Waals surface area contributed by atoms with Gasteiger partial charge >= 0.3 is 5.97 Å². The van der Waals surface area contributed by atoms with Gasteiger partial charge in [-0.3, -0.25) is 0 Å². The van der Waals surface area contributed by atoms with Gasteiger partial charge in [-0.1, -0.05) is 37.3 Å². The number of nitrogens with zero attached hydrogens (tertiary/aromatic N) is 1. The molecule has 0 bridgehead atoms. The first-order valence-electron chi connectivity index (χ1n) is 7.61. The third-order valence-corrected chi connectivity index (χ3v) is 5.21. The molecule has 1 aromatic rings. The molecule has 2 heterocycles. The smallest absolute Gasteiger partial charge is 0.334 e. The maximum atomic E-state index is 12.0. The number of likely N-dealkylation sites (tertiary alicyclic amines) is 1.